The van der Waals surface area contributed by atoms with E-state index in [2.05, 4.69) is 162 Å². The van der Waals surface area contributed by atoms with Crippen molar-refractivity contribution >= 4 is 43.4 Å². The minimum atomic E-state index is -0.443. The van der Waals surface area contributed by atoms with Crippen LogP contribution >= 0.6 is 0 Å². The second kappa shape index (κ2) is 11.7. The first-order valence-electron chi connectivity index (χ1n) is 19.9. The van der Waals surface area contributed by atoms with Crippen LogP contribution in [0.15, 0.2) is 194 Å². The van der Waals surface area contributed by atoms with Crippen LogP contribution in [-0.4, -0.2) is 19.5 Å². The predicted molar refractivity (Wildman–Crippen MR) is 236 cm³/mol. The molecule has 0 radical (unpaired) electrons. The van der Waals surface area contributed by atoms with Crippen molar-refractivity contribution in [2.45, 2.75) is 5.41 Å². The SMILES string of the molecule is c1ccc(-c2nc(-c3ccccc3)nc(-c3cccc4c3c3ccccc3n4-c3ccc4c(c3)C3(c5ccccc5-4)c4cccc5ccc6cccc3c6c45)n2)cc1. The van der Waals surface area contributed by atoms with Crippen molar-refractivity contribution in [1.82, 2.24) is 19.5 Å². The third kappa shape index (κ3) is 4.10. The highest BCUT2D eigenvalue weighted by Gasteiger charge is 2.50. The van der Waals surface area contributed by atoms with Crippen LogP contribution in [0.3, 0.4) is 0 Å². The van der Waals surface area contributed by atoms with Crippen LogP contribution in [0.5, 0.6) is 0 Å². The second-order valence-corrected chi connectivity index (χ2v) is 15.5. The zero-order valence-corrected chi connectivity index (χ0v) is 31.3. The molecule has 268 valence electrons. The lowest BCUT2D eigenvalue weighted by molar-refractivity contribution is 0.796. The van der Waals surface area contributed by atoms with Gasteiger partial charge in [0.05, 0.1) is 16.4 Å². The fraction of sp³-hybridized carbons (Fsp3) is 0.0185. The summed E-state index contributed by atoms with van der Waals surface area (Å²) >= 11 is 0. The summed E-state index contributed by atoms with van der Waals surface area (Å²) in [5.41, 5.74) is 13.8. The molecule has 0 bridgehead atoms. The molecule has 0 unspecified atom stereocenters. The van der Waals surface area contributed by atoms with Crippen molar-refractivity contribution in [2.75, 3.05) is 0 Å². The van der Waals surface area contributed by atoms with Crippen molar-refractivity contribution in [3.05, 3.63) is 216 Å². The molecule has 0 saturated heterocycles. The highest BCUT2D eigenvalue weighted by atomic mass is 15.0. The molecule has 2 heterocycles. The Morgan fingerprint density at radius 1 is 0.345 bits per heavy atom. The largest absolute Gasteiger partial charge is 0.309 e. The Balaban J connectivity index is 1.08. The van der Waals surface area contributed by atoms with E-state index in [1.807, 2.05) is 36.4 Å². The smallest absolute Gasteiger partial charge is 0.164 e. The fourth-order valence-corrected chi connectivity index (χ4v) is 10.3. The Morgan fingerprint density at radius 3 is 1.59 bits per heavy atom. The van der Waals surface area contributed by atoms with Gasteiger partial charge in [0.15, 0.2) is 17.5 Å². The highest BCUT2D eigenvalue weighted by molar-refractivity contribution is 6.18. The van der Waals surface area contributed by atoms with Crippen molar-refractivity contribution in [2.24, 2.45) is 0 Å². The predicted octanol–water partition coefficient (Wildman–Crippen LogP) is 13.0. The van der Waals surface area contributed by atoms with Gasteiger partial charge in [-0.05, 0) is 79.2 Å². The van der Waals surface area contributed by atoms with Crippen LogP contribution in [0.25, 0.3) is 94.3 Å². The molecule has 9 aromatic carbocycles. The third-order valence-corrected chi connectivity index (χ3v) is 12.6. The number of hydrogen-bond acceptors (Lipinski definition) is 3. The van der Waals surface area contributed by atoms with Crippen molar-refractivity contribution in [3.63, 3.8) is 0 Å². The first-order valence-corrected chi connectivity index (χ1v) is 19.9. The third-order valence-electron chi connectivity index (χ3n) is 12.6. The van der Waals surface area contributed by atoms with Gasteiger partial charge >= 0.3 is 0 Å². The molecule has 0 aliphatic heterocycles. The van der Waals surface area contributed by atoms with Crippen molar-refractivity contribution in [1.29, 1.82) is 0 Å². The van der Waals surface area contributed by atoms with E-state index in [-0.39, 0.29) is 0 Å². The Hall–Kier alpha value is -7.69. The van der Waals surface area contributed by atoms with Gasteiger partial charge in [0, 0.05) is 33.2 Å². The highest BCUT2D eigenvalue weighted by Crippen LogP contribution is 2.62. The van der Waals surface area contributed by atoms with Gasteiger partial charge in [-0.25, -0.2) is 15.0 Å². The molecule has 2 aliphatic carbocycles. The molecular weight excluding hydrogens is 705 g/mol. The molecular formula is C54H32N4. The monoisotopic (exact) mass is 736 g/mol. The molecule has 4 nitrogen and oxygen atoms in total. The Kier molecular flexibility index (Phi) is 6.34. The van der Waals surface area contributed by atoms with E-state index in [0.717, 1.165) is 44.2 Å². The Bertz CT molecular complexity index is 3390. The quantitative estimate of drug-likeness (QED) is 0.169. The molecule has 0 atom stereocenters. The van der Waals surface area contributed by atoms with E-state index < -0.39 is 5.41 Å². The zero-order chi connectivity index (χ0) is 38.0. The van der Waals surface area contributed by atoms with E-state index in [9.17, 15) is 0 Å². The molecule has 2 aromatic heterocycles. The lowest BCUT2D eigenvalue weighted by atomic mass is 9.70. The average Bonchev–Trinajstić information content (AvgIpc) is 3.91. The van der Waals surface area contributed by atoms with Gasteiger partial charge in [-0.3, -0.25) is 0 Å². The minimum absolute atomic E-state index is 0.443. The maximum atomic E-state index is 5.18. The average molecular weight is 737 g/mol. The van der Waals surface area contributed by atoms with Crippen LogP contribution < -0.4 is 0 Å². The number of rotatable bonds is 4. The summed E-state index contributed by atoms with van der Waals surface area (Å²) in [4.78, 5) is 15.4. The zero-order valence-electron chi connectivity index (χ0n) is 31.3. The van der Waals surface area contributed by atoms with Gasteiger partial charge in [0.2, 0.25) is 0 Å². The molecule has 0 fully saturated rings. The second-order valence-electron chi connectivity index (χ2n) is 15.5. The van der Waals surface area contributed by atoms with Crippen LogP contribution in [0, 0.1) is 0 Å². The van der Waals surface area contributed by atoms with Crippen LogP contribution in [0.1, 0.15) is 22.3 Å². The maximum Gasteiger partial charge on any atom is 0.164 e. The molecule has 1 spiro atoms. The molecule has 11 aromatic rings. The minimum Gasteiger partial charge on any atom is -0.309 e. The summed E-state index contributed by atoms with van der Waals surface area (Å²) in [6.07, 6.45) is 0. The van der Waals surface area contributed by atoms with Crippen molar-refractivity contribution in [3.8, 4) is 51.0 Å². The first kappa shape index (κ1) is 31.5. The molecule has 2 aliphatic rings. The number of fused-ring (bicyclic) bond motifs is 10. The van der Waals surface area contributed by atoms with E-state index >= 15 is 0 Å². The van der Waals surface area contributed by atoms with Crippen LogP contribution in [0.2, 0.25) is 0 Å². The van der Waals surface area contributed by atoms with E-state index in [4.69, 9.17) is 15.0 Å². The molecule has 13 rings (SSSR count). The van der Waals surface area contributed by atoms with Crippen LogP contribution in [0.4, 0.5) is 0 Å². The number of para-hydroxylation sites is 1. The topological polar surface area (TPSA) is 43.6 Å². The molecule has 58 heavy (non-hydrogen) atoms. The van der Waals surface area contributed by atoms with Gasteiger partial charge < -0.3 is 4.57 Å². The summed E-state index contributed by atoms with van der Waals surface area (Å²) in [6.45, 7) is 0. The number of benzene rings is 9. The van der Waals surface area contributed by atoms with Gasteiger partial charge in [-0.2, -0.15) is 0 Å². The van der Waals surface area contributed by atoms with Gasteiger partial charge in [0.1, 0.15) is 0 Å². The lowest BCUT2D eigenvalue weighted by Gasteiger charge is -2.31. The van der Waals surface area contributed by atoms with Crippen molar-refractivity contribution < 1.29 is 0 Å². The summed E-state index contributed by atoms with van der Waals surface area (Å²) < 4.78 is 2.44. The van der Waals surface area contributed by atoms with E-state index in [1.165, 1.54) is 54.9 Å². The molecule has 4 heteroatoms. The van der Waals surface area contributed by atoms with E-state index in [1.54, 1.807) is 0 Å². The Morgan fingerprint density at radius 2 is 0.879 bits per heavy atom. The molecule has 0 saturated carbocycles. The maximum absolute atomic E-state index is 5.18. The van der Waals surface area contributed by atoms with Gasteiger partial charge in [0.25, 0.3) is 0 Å². The lowest BCUT2D eigenvalue weighted by Crippen LogP contribution is -2.26. The Labute approximate surface area is 334 Å². The normalized spacial score (nSPS) is 13.3. The van der Waals surface area contributed by atoms with Gasteiger partial charge in [-0.15, -0.1) is 0 Å². The molecule has 0 amide bonds. The first-order chi connectivity index (χ1) is 28.8. The standard InChI is InChI=1S/C54H32N4/c1-3-14-35(15-4-1)51-55-52(36-16-5-2-6-17-36)57-53(56-51)41-22-13-27-47-50(41)40-21-8-10-26-46(40)58(47)37-30-31-39-38-20-7-9-23-42(38)54(45(39)32-37)43-24-11-18-33-28-29-34-19-12-25-44(54)49(34)48(33)43/h1-32H. The summed E-state index contributed by atoms with van der Waals surface area (Å²) in [7, 11) is 0. The molecule has 0 N–H and O–H groups in total. The van der Waals surface area contributed by atoms with Gasteiger partial charge in [-0.1, -0.05) is 170 Å². The number of aromatic nitrogens is 4. The summed E-state index contributed by atoms with van der Waals surface area (Å²) in [5.74, 6) is 1.95. The van der Waals surface area contributed by atoms with E-state index in [0.29, 0.717) is 17.5 Å². The van der Waals surface area contributed by atoms with Crippen LogP contribution in [-0.2, 0) is 5.41 Å². The number of hydrogen-bond donors (Lipinski definition) is 0. The summed E-state index contributed by atoms with van der Waals surface area (Å²) in [6, 6.07) is 70.2. The fourth-order valence-electron chi connectivity index (χ4n) is 10.3. The summed E-state index contributed by atoms with van der Waals surface area (Å²) in [5, 5.41) is 7.58. The number of nitrogens with zero attached hydrogens (tertiary/aromatic N) is 4.